The predicted octanol–water partition coefficient (Wildman–Crippen LogP) is 4.86. The highest BCUT2D eigenvalue weighted by Gasteiger charge is 2.39. The molecule has 0 bridgehead atoms. The lowest BCUT2D eigenvalue weighted by molar-refractivity contribution is -0.114. The number of carbonyl (C=O) groups is 1. The van der Waals surface area contributed by atoms with Crippen LogP contribution in [0.4, 0.5) is 0 Å². The molecule has 5 nitrogen and oxygen atoms in total. The number of allylic oxidation sites excluding steroid dienone is 1. The van der Waals surface area contributed by atoms with E-state index < -0.39 is 0 Å². The number of thioether (sulfide) groups is 1. The zero-order valence-corrected chi connectivity index (χ0v) is 17.8. The number of hydrogen-bond donors (Lipinski definition) is 0. The van der Waals surface area contributed by atoms with E-state index in [1.807, 2.05) is 60.1 Å². The molecule has 0 amide bonds. The second-order valence-corrected chi connectivity index (χ2v) is 8.54. The zero-order valence-electron chi connectivity index (χ0n) is 16.9. The molecule has 0 spiro atoms. The maximum absolute atomic E-state index is 12.7. The van der Waals surface area contributed by atoms with Crippen molar-refractivity contribution < 1.29 is 4.79 Å². The number of hydrogen-bond acceptors (Lipinski definition) is 5. The topological polar surface area (TPSA) is 50.5 Å². The summed E-state index contributed by atoms with van der Waals surface area (Å²) in [7, 11) is 0. The summed E-state index contributed by atoms with van der Waals surface area (Å²) in [5.74, 6) is 1.03. The number of ketones is 1. The summed E-state index contributed by atoms with van der Waals surface area (Å²) in [5.41, 5.74) is 5.52. The average Bonchev–Trinajstić information content (AvgIpc) is 3.41. The molecule has 0 saturated carbocycles. The number of para-hydroxylation sites is 1. The van der Waals surface area contributed by atoms with Gasteiger partial charge < -0.3 is 4.90 Å². The van der Waals surface area contributed by atoms with E-state index in [4.69, 9.17) is 10.1 Å². The van der Waals surface area contributed by atoms with Crippen molar-refractivity contribution in [1.29, 1.82) is 0 Å². The van der Waals surface area contributed by atoms with Crippen molar-refractivity contribution in [1.82, 2.24) is 14.7 Å². The molecule has 5 rings (SSSR count). The number of nitrogens with zero attached hydrogens (tertiary/aromatic N) is 4. The van der Waals surface area contributed by atoms with E-state index in [1.165, 1.54) is 0 Å². The van der Waals surface area contributed by atoms with E-state index in [0.717, 1.165) is 51.2 Å². The van der Waals surface area contributed by atoms with Crippen LogP contribution in [0.1, 0.15) is 25.5 Å². The fraction of sp³-hybridized carbons (Fsp3) is 0.208. The third-order valence-electron chi connectivity index (χ3n) is 5.53. The Bertz CT molecular complexity index is 1160. The first-order valence-corrected chi connectivity index (χ1v) is 11.0. The number of carbonyl (C=O) groups excluding carboxylic acids is 1. The van der Waals surface area contributed by atoms with Gasteiger partial charge in [0.05, 0.1) is 17.4 Å². The van der Waals surface area contributed by atoms with Crippen LogP contribution >= 0.6 is 11.8 Å². The molecule has 1 unspecified atom stereocenters. The second kappa shape index (κ2) is 7.61. The Labute approximate surface area is 180 Å². The normalized spacial score (nSPS) is 18.4. The van der Waals surface area contributed by atoms with Gasteiger partial charge in [0.1, 0.15) is 0 Å². The monoisotopic (exact) mass is 414 g/mol. The molecule has 1 atom stereocenters. The van der Waals surface area contributed by atoms with Gasteiger partial charge in [0.15, 0.2) is 11.0 Å². The second-order valence-electron chi connectivity index (χ2n) is 7.47. The lowest BCUT2D eigenvalue weighted by Gasteiger charge is -2.34. The predicted molar refractivity (Wildman–Crippen MR) is 122 cm³/mol. The summed E-state index contributed by atoms with van der Waals surface area (Å²) < 4.78 is 1.92. The minimum Gasteiger partial charge on any atom is -0.339 e. The number of amidine groups is 1. The molecule has 3 heterocycles. The molecule has 6 heteroatoms. The van der Waals surface area contributed by atoms with E-state index in [9.17, 15) is 4.79 Å². The van der Waals surface area contributed by atoms with Crippen LogP contribution in [-0.2, 0) is 4.79 Å². The van der Waals surface area contributed by atoms with Gasteiger partial charge in [0.2, 0.25) is 0 Å². The number of rotatable bonds is 4. The van der Waals surface area contributed by atoms with E-state index in [1.54, 1.807) is 18.7 Å². The Balaban J connectivity index is 1.74. The van der Waals surface area contributed by atoms with Crippen LogP contribution in [0.15, 0.2) is 83.1 Å². The molecule has 0 aliphatic carbocycles. The maximum Gasteiger partial charge on any atom is 0.164 e. The minimum atomic E-state index is -0.183. The van der Waals surface area contributed by atoms with Crippen molar-refractivity contribution in [3.63, 3.8) is 0 Å². The Hall–Kier alpha value is -3.12. The standard InChI is InChI=1S/C24H22N4OS/c1-16-21(17(2)29)23(27-13-14-30-24(27)25-16)20-15-28(19-11-7-4-8-12-19)26-22(20)18-9-5-3-6-10-18/h3-12,15,23H,13-14H2,1-2H3. The zero-order chi connectivity index (χ0) is 20.7. The fourth-order valence-electron chi connectivity index (χ4n) is 4.20. The summed E-state index contributed by atoms with van der Waals surface area (Å²) in [4.78, 5) is 19.7. The van der Waals surface area contributed by atoms with Gasteiger partial charge in [-0.3, -0.25) is 4.79 Å². The van der Waals surface area contributed by atoms with Crippen LogP contribution in [-0.4, -0.2) is 37.9 Å². The van der Waals surface area contributed by atoms with E-state index in [0.29, 0.717) is 0 Å². The van der Waals surface area contributed by atoms with Gasteiger partial charge in [0.25, 0.3) is 0 Å². The summed E-state index contributed by atoms with van der Waals surface area (Å²) >= 11 is 1.75. The number of benzene rings is 2. The highest BCUT2D eigenvalue weighted by Crippen LogP contribution is 2.43. The Morgan fingerprint density at radius 2 is 1.77 bits per heavy atom. The third-order valence-corrected chi connectivity index (χ3v) is 6.50. The largest absolute Gasteiger partial charge is 0.339 e. The van der Waals surface area contributed by atoms with Crippen molar-refractivity contribution in [2.45, 2.75) is 19.9 Å². The Kier molecular flexibility index (Phi) is 4.79. The van der Waals surface area contributed by atoms with Crippen LogP contribution in [0.3, 0.4) is 0 Å². The van der Waals surface area contributed by atoms with Crippen molar-refractivity contribution >= 4 is 22.7 Å². The molecule has 0 radical (unpaired) electrons. The van der Waals surface area contributed by atoms with Crippen LogP contribution in [0.2, 0.25) is 0 Å². The Morgan fingerprint density at radius 1 is 1.07 bits per heavy atom. The van der Waals surface area contributed by atoms with Crippen molar-refractivity contribution in [2.75, 3.05) is 12.3 Å². The van der Waals surface area contributed by atoms with Gasteiger partial charge in [0, 0.05) is 40.9 Å². The molecule has 30 heavy (non-hydrogen) atoms. The van der Waals surface area contributed by atoms with Gasteiger partial charge in [-0.2, -0.15) is 5.10 Å². The highest BCUT2D eigenvalue weighted by molar-refractivity contribution is 8.14. The smallest absolute Gasteiger partial charge is 0.164 e. The molecule has 1 fully saturated rings. The fourth-order valence-corrected chi connectivity index (χ4v) is 5.23. The van der Waals surface area contributed by atoms with E-state index in [2.05, 4.69) is 23.2 Å². The quantitative estimate of drug-likeness (QED) is 0.612. The summed E-state index contributed by atoms with van der Waals surface area (Å²) in [6, 6.07) is 20.1. The summed E-state index contributed by atoms with van der Waals surface area (Å²) in [5, 5.41) is 5.96. The van der Waals surface area contributed by atoms with Gasteiger partial charge in [-0.15, -0.1) is 0 Å². The number of fused-ring (bicyclic) bond motifs is 1. The van der Waals surface area contributed by atoms with Crippen molar-refractivity contribution in [3.8, 4) is 16.9 Å². The maximum atomic E-state index is 12.7. The molecule has 1 saturated heterocycles. The molecular weight excluding hydrogens is 392 g/mol. The van der Waals surface area contributed by atoms with Crippen molar-refractivity contribution in [3.05, 3.63) is 83.7 Å². The van der Waals surface area contributed by atoms with E-state index in [-0.39, 0.29) is 11.8 Å². The molecule has 1 aromatic heterocycles. The van der Waals surface area contributed by atoms with E-state index >= 15 is 0 Å². The lowest BCUT2D eigenvalue weighted by atomic mass is 9.91. The molecule has 2 aliphatic heterocycles. The molecule has 2 aromatic carbocycles. The molecule has 150 valence electrons. The van der Waals surface area contributed by atoms with Crippen LogP contribution in [0.25, 0.3) is 16.9 Å². The van der Waals surface area contributed by atoms with Crippen LogP contribution in [0.5, 0.6) is 0 Å². The summed E-state index contributed by atoms with van der Waals surface area (Å²) in [6.45, 7) is 4.44. The minimum absolute atomic E-state index is 0.0590. The molecule has 2 aliphatic rings. The molecule has 3 aromatic rings. The van der Waals surface area contributed by atoms with Gasteiger partial charge in [-0.25, -0.2) is 9.67 Å². The summed E-state index contributed by atoms with van der Waals surface area (Å²) in [6.07, 6.45) is 2.07. The highest BCUT2D eigenvalue weighted by atomic mass is 32.2. The van der Waals surface area contributed by atoms with Gasteiger partial charge >= 0.3 is 0 Å². The average molecular weight is 415 g/mol. The lowest BCUT2D eigenvalue weighted by Crippen LogP contribution is -2.36. The first kappa shape index (κ1) is 18.9. The number of Topliss-reactive ketones (excluding diaryl/α,β-unsaturated/α-hetero) is 1. The number of aromatic nitrogens is 2. The first-order chi connectivity index (χ1) is 14.6. The Morgan fingerprint density at radius 3 is 2.47 bits per heavy atom. The SMILES string of the molecule is CC(=O)C1=C(C)N=C2SCCN2C1c1cn(-c2ccccc2)nc1-c1ccccc1. The van der Waals surface area contributed by atoms with Crippen LogP contribution < -0.4 is 0 Å². The third kappa shape index (κ3) is 3.17. The molecule has 0 N–H and O–H groups in total. The number of aliphatic imine (C=N–C) groups is 1. The first-order valence-electron chi connectivity index (χ1n) is 10.0. The molecular formula is C24H22N4OS. The van der Waals surface area contributed by atoms with Gasteiger partial charge in [-0.05, 0) is 26.0 Å². The van der Waals surface area contributed by atoms with Crippen LogP contribution in [0, 0.1) is 0 Å². The van der Waals surface area contributed by atoms with Crippen molar-refractivity contribution in [2.24, 2.45) is 4.99 Å². The van der Waals surface area contributed by atoms with Gasteiger partial charge in [-0.1, -0.05) is 60.3 Å².